The van der Waals surface area contributed by atoms with E-state index in [0.717, 1.165) is 5.75 Å². The first kappa shape index (κ1) is 15.5. The van der Waals surface area contributed by atoms with E-state index in [1.54, 1.807) is 14.0 Å². The molecule has 106 valence electrons. The Kier molecular flexibility index (Phi) is 6.32. The van der Waals surface area contributed by atoms with Gasteiger partial charge in [-0.05, 0) is 32.5 Å². The van der Waals surface area contributed by atoms with Crippen LogP contribution < -0.4 is 10.1 Å². The summed E-state index contributed by atoms with van der Waals surface area (Å²) in [6.07, 6.45) is 0.407. The Morgan fingerprint density at radius 2 is 1.95 bits per heavy atom. The Morgan fingerprint density at radius 3 is 2.53 bits per heavy atom. The highest BCUT2D eigenvalue weighted by atomic mass is 16.5. The fourth-order valence-electron chi connectivity index (χ4n) is 1.45. The van der Waals surface area contributed by atoms with Crippen LogP contribution in [-0.4, -0.2) is 43.5 Å². The third-order valence-corrected chi connectivity index (χ3v) is 3.01. The van der Waals surface area contributed by atoms with E-state index in [4.69, 9.17) is 14.6 Å². The molecule has 2 N–H and O–H groups in total. The highest BCUT2D eigenvalue weighted by molar-refractivity contribution is 5.78. The summed E-state index contributed by atoms with van der Waals surface area (Å²) < 4.78 is 10.8. The smallest absolute Gasteiger partial charge is 0.323 e. The van der Waals surface area contributed by atoms with Crippen molar-refractivity contribution in [2.45, 2.75) is 18.9 Å². The average molecular weight is 267 g/mol. The normalized spacial score (nSPS) is 13.8. The maximum absolute atomic E-state index is 11.0. The fraction of sp³-hybridized carbons (Fsp3) is 0.500. The van der Waals surface area contributed by atoms with Gasteiger partial charge in [0.1, 0.15) is 17.9 Å². The zero-order valence-electron chi connectivity index (χ0n) is 11.4. The van der Waals surface area contributed by atoms with E-state index in [1.165, 1.54) is 0 Å². The molecule has 0 saturated heterocycles. The summed E-state index contributed by atoms with van der Waals surface area (Å²) in [6, 6.07) is 9.49. The second kappa shape index (κ2) is 7.76. The highest BCUT2D eigenvalue weighted by Crippen LogP contribution is 2.10. The van der Waals surface area contributed by atoms with Crippen molar-refractivity contribution in [2.75, 3.05) is 26.9 Å². The molecule has 0 saturated carbocycles. The van der Waals surface area contributed by atoms with Crippen molar-refractivity contribution in [3.8, 4) is 5.75 Å². The number of benzene rings is 1. The number of para-hydroxylation sites is 1. The number of likely N-dealkylation sites (N-methyl/N-ethyl adjacent to an activating group) is 1. The molecular weight excluding hydrogens is 246 g/mol. The number of carboxylic acids is 1. The second-order valence-corrected chi connectivity index (χ2v) is 4.41. The van der Waals surface area contributed by atoms with E-state index in [0.29, 0.717) is 26.2 Å². The lowest BCUT2D eigenvalue weighted by atomic mass is 9.99. The maximum atomic E-state index is 11.0. The molecule has 1 rings (SSSR count). The summed E-state index contributed by atoms with van der Waals surface area (Å²) in [4.78, 5) is 11.0. The molecule has 0 aliphatic heterocycles. The number of hydrogen-bond donors (Lipinski definition) is 2. The standard InChI is InChI=1S/C14H21NO4/c1-14(15-2,13(16)17)8-9-18-10-11-19-12-6-4-3-5-7-12/h3-7,15H,8-11H2,1-2H3,(H,16,17). The molecule has 0 amide bonds. The largest absolute Gasteiger partial charge is 0.491 e. The van der Waals surface area contributed by atoms with Crippen molar-refractivity contribution in [3.63, 3.8) is 0 Å². The van der Waals surface area contributed by atoms with Crippen LogP contribution in [0.5, 0.6) is 5.75 Å². The van der Waals surface area contributed by atoms with Gasteiger partial charge in [-0.25, -0.2) is 0 Å². The molecule has 0 radical (unpaired) electrons. The first-order valence-corrected chi connectivity index (χ1v) is 6.26. The van der Waals surface area contributed by atoms with Gasteiger partial charge in [0.25, 0.3) is 0 Å². The minimum absolute atomic E-state index is 0.377. The summed E-state index contributed by atoms with van der Waals surface area (Å²) in [6.45, 7) is 2.91. The van der Waals surface area contributed by atoms with Crippen LogP contribution in [0.3, 0.4) is 0 Å². The van der Waals surface area contributed by atoms with Crippen LogP contribution in [0.4, 0.5) is 0 Å². The first-order valence-electron chi connectivity index (χ1n) is 6.26. The van der Waals surface area contributed by atoms with Gasteiger partial charge in [0.15, 0.2) is 0 Å². The SMILES string of the molecule is CNC(C)(CCOCCOc1ccccc1)C(=O)O. The predicted octanol–water partition coefficient (Wildman–Crippen LogP) is 1.53. The predicted molar refractivity (Wildman–Crippen MR) is 72.5 cm³/mol. The van der Waals surface area contributed by atoms with Crippen LogP contribution in [-0.2, 0) is 9.53 Å². The number of aliphatic carboxylic acids is 1. The molecule has 0 aliphatic carbocycles. The lowest BCUT2D eigenvalue weighted by molar-refractivity contribution is -0.144. The number of hydrogen-bond acceptors (Lipinski definition) is 4. The van der Waals surface area contributed by atoms with Crippen LogP contribution >= 0.6 is 0 Å². The van der Waals surface area contributed by atoms with Gasteiger partial charge in [0, 0.05) is 6.61 Å². The molecule has 0 aliphatic rings. The van der Waals surface area contributed by atoms with E-state index in [-0.39, 0.29) is 0 Å². The lowest BCUT2D eigenvalue weighted by Crippen LogP contribution is -2.48. The number of carboxylic acid groups (broad SMARTS) is 1. The molecule has 5 nitrogen and oxygen atoms in total. The topological polar surface area (TPSA) is 67.8 Å². The summed E-state index contributed by atoms with van der Waals surface area (Å²) in [5.41, 5.74) is -0.944. The summed E-state index contributed by atoms with van der Waals surface area (Å²) in [5, 5.41) is 11.8. The van der Waals surface area contributed by atoms with Crippen molar-refractivity contribution in [1.29, 1.82) is 0 Å². The van der Waals surface area contributed by atoms with E-state index in [1.807, 2.05) is 30.3 Å². The Balaban J connectivity index is 2.13. The quantitative estimate of drug-likeness (QED) is 0.664. The van der Waals surface area contributed by atoms with Crippen molar-refractivity contribution >= 4 is 5.97 Å². The highest BCUT2D eigenvalue weighted by Gasteiger charge is 2.30. The zero-order valence-corrected chi connectivity index (χ0v) is 11.4. The Morgan fingerprint density at radius 1 is 1.26 bits per heavy atom. The minimum Gasteiger partial charge on any atom is -0.491 e. The molecule has 1 atom stereocenters. The Hall–Kier alpha value is -1.59. The van der Waals surface area contributed by atoms with Crippen LogP contribution in [0, 0.1) is 0 Å². The van der Waals surface area contributed by atoms with E-state index < -0.39 is 11.5 Å². The van der Waals surface area contributed by atoms with Gasteiger partial charge in [-0.1, -0.05) is 18.2 Å². The van der Waals surface area contributed by atoms with Gasteiger partial charge in [-0.15, -0.1) is 0 Å². The molecule has 1 unspecified atom stereocenters. The molecule has 1 aromatic rings. The van der Waals surface area contributed by atoms with Gasteiger partial charge in [-0.2, -0.15) is 0 Å². The molecule has 1 aromatic carbocycles. The summed E-state index contributed by atoms with van der Waals surface area (Å²) >= 11 is 0. The molecule has 19 heavy (non-hydrogen) atoms. The van der Waals surface area contributed by atoms with Gasteiger partial charge in [-0.3, -0.25) is 4.79 Å². The number of nitrogens with one attached hydrogen (secondary N) is 1. The second-order valence-electron chi connectivity index (χ2n) is 4.41. The molecule has 5 heteroatoms. The summed E-state index contributed by atoms with van der Waals surface area (Å²) in [7, 11) is 1.63. The minimum atomic E-state index is -0.944. The third-order valence-electron chi connectivity index (χ3n) is 3.01. The molecule has 0 spiro atoms. The van der Waals surface area contributed by atoms with Gasteiger partial charge < -0.3 is 19.9 Å². The van der Waals surface area contributed by atoms with Gasteiger partial charge in [0.05, 0.1) is 6.61 Å². The Labute approximate surface area is 113 Å². The summed E-state index contributed by atoms with van der Waals surface area (Å²) in [5.74, 6) is -0.0733. The first-order chi connectivity index (χ1) is 9.08. The molecule has 0 heterocycles. The number of rotatable bonds is 9. The maximum Gasteiger partial charge on any atom is 0.323 e. The van der Waals surface area contributed by atoms with E-state index >= 15 is 0 Å². The average Bonchev–Trinajstić information content (AvgIpc) is 2.43. The van der Waals surface area contributed by atoms with Crippen molar-refractivity contribution < 1.29 is 19.4 Å². The van der Waals surface area contributed by atoms with Crippen LogP contribution in [0.25, 0.3) is 0 Å². The molecular formula is C14H21NO4. The van der Waals surface area contributed by atoms with Crippen LogP contribution in [0.2, 0.25) is 0 Å². The Bertz CT molecular complexity index is 382. The molecule has 0 aromatic heterocycles. The monoisotopic (exact) mass is 267 g/mol. The van der Waals surface area contributed by atoms with E-state index in [9.17, 15) is 4.79 Å². The fourth-order valence-corrected chi connectivity index (χ4v) is 1.45. The van der Waals surface area contributed by atoms with Crippen molar-refractivity contribution in [3.05, 3.63) is 30.3 Å². The van der Waals surface area contributed by atoms with Crippen molar-refractivity contribution in [1.82, 2.24) is 5.32 Å². The van der Waals surface area contributed by atoms with Crippen LogP contribution in [0.15, 0.2) is 30.3 Å². The van der Waals surface area contributed by atoms with Crippen LogP contribution in [0.1, 0.15) is 13.3 Å². The molecule has 0 bridgehead atoms. The van der Waals surface area contributed by atoms with Gasteiger partial charge in [0.2, 0.25) is 0 Å². The number of ether oxygens (including phenoxy) is 2. The number of carbonyl (C=O) groups is 1. The zero-order chi connectivity index (χ0) is 14.1. The molecule has 0 fully saturated rings. The lowest BCUT2D eigenvalue weighted by Gasteiger charge is -2.23. The van der Waals surface area contributed by atoms with Crippen molar-refractivity contribution in [2.24, 2.45) is 0 Å². The third kappa shape index (κ3) is 5.28. The van der Waals surface area contributed by atoms with E-state index in [2.05, 4.69) is 5.32 Å². The van der Waals surface area contributed by atoms with Gasteiger partial charge >= 0.3 is 5.97 Å².